The molecule has 2 aromatic rings. The Morgan fingerprint density at radius 3 is 2.95 bits per heavy atom. The fraction of sp³-hybridized carbons (Fsp3) is 0.571. The van der Waals surface area contributed by atoms with E-state index in [1.165, 1.54) is 0 Å². The van der Waals surface area contributed by atoms with Crippen molar-refractivity contribution in [3.05, 3.63) is 30.0 Å². The molecule has 0 unspecified atom stereocenters. The maximum absolute atomic E-state index is 5.85. The SMILES string of the molecule is Cc1nc(NCCCn2ccnn2)cc(C2CC(N)C2)n1. The van der Waals surface area contributed by atoms with E-state index >= 15 is 0 Å². The molecule has 1 aliphatic rings. The van der Waals surface area contributed by atoms with E-state index in [4.69, 9.17) is 5.73 Å². The fourth-order valence-electron chi connectivity index (χ4n) is 2.60. The number of hydrogen-bond donors (Lipinski definition) is 2. The van der Waals surface area contributed by atoms with Gasteiger partial charge in [-0.2, -0.15) is 0 Å². The third-order valence-corrected chi connectivity index (χ3v) is 3.79. The summed E-state index contributed by atoms with van der Waals surface area (Å²) in [6, 6.07) is 2.39. The number of anilines is 1. The van der Waals surface area contributed by atoms with Crippen molar-refractivity contribution < 1.29 is 0 Å². The zero-order chi connectivity index (χ0) is 14.7. The molecule has 2 heterocycles. The molecular formula is C14H21N7. The predicted molar refractivity (Wildman–Crippen MR) is 79.8 cm³/mol. The molecule has 0 aromatic carbocycles. The molecule has 1 fully saturated rings. The van der Waals surface area contributed by atoms with Crippen molar-refractivity contribution in [1.29, 1.82) is 0 Å². The molecule has 0 amide bonds. The van der Waals surface area contributed by atoms with Gasteiger partial charge in [0.25, 0.3) is 0 Å². The molecule has 0 aliphatic heterocycles. The fourth-order valence-corrected chi connectivity index (χ4v) is 2.60. The molecule has 7 nitrogen and oxygen atoms in total. The van der Waals surface area contributed by atoms with E-state index in [1.807, 2.05) is 17.8 Å². The van der Waals surface area contributed by atoms with Gasteiger partial charge in [0.1, 0.15) is 11.6 Å². The third kappa shape index (κ3) is 3.55. The van der Waals surface area contributed by atoms with Crippen LogP contribution in [0.4, 0.5) is 5.82 Å². The van der Waals surface area contributed by atoms with Crippen LogP contribution in [0.3, 0.4) is 0 Å². The van der Waals surface area contributed by atoms with Crippen molar-refractivity contribution in [3.63, 3.8) is 0 Å². The Kier molecular flexibility index (Phi) is 4.10. The average Bonchev–Trinajstić information content (AvgIpc) is 2.93. The minimum absolute atomic E-state index is 0.337. The highest BCUT2D eigenvalue weighted by atomic mass is 15.4. The van der Waals surface area contributed by atoms with E-state index in [0.29, 0.717) is 12.0 Å². The Balaban J connectivity index is 1.52. The summed E-state index contributed by atoms with van der Waals surface area (Å²) in [5.74, 6) is 2.21. The van der Waals surface area contributed by atoms with Gasteiger partial charge in [0.15, 0.2) is 0 Å². The van der Waals surface area contributed by atoms with Crippen molar-refractivity contribution >= 4 is 5.82 Å². The van der Waals surface area contributed by atoms with Crippen LogP contribution in [0.1, 0.15) is 36.7 Å². The Labute approximate surface area is 124 Å². The lowest BCUT2D eigenvalue weighted by Crippen LogP contribution is -2.35. The number of nitrogens with two attached hydrogens (primary N) is 1. The number of aryl methyl sites for hydroxylation is 2. The van der Waals surface area contributed by atoms with Crippen LogP contribution in [0.2, 0.25) is 0 Å². The Morgan fingerprint density at radius 1 is 1.38 bits per heavy atom. The number of aromatic nitrogens is 5. The summed E-state index contributed by atoms with van der Waals surface area (Å²) >= 11 is 0. The minimum atomic E-state index is 0.337. The Morgan fingerprint density at radius 2 is 2.24 bits per heavy atom. The van der Waals surface area contributed by atoms with E-state index in [9.17, 15) is 0 Å². The van der Waals surface area contributed by atoms with Crippen molar-refractivity contribution in [2.24, 2.45) is 5.73 Å². The second-order valence-electron chi connectivity index (χ2n) is 5.60. The van der Waals surface area contributed by atoms with Gasteiger partial charge in [-0.25, -0.2) is 9.97 Å². The largest absolute Gasteiger partial charge is 0.370 e. The van der Waals surface area contributed by atoms with Crippen LogP contribution in [-0.2, 0) is 6.54 Å². The monoisotopic (exact) mass is 287 g/mol. The normalized spacial score (nSPS) is 21.0. The number of hydrogen-bond acceptors (Lipinski definition) is 6. The molecule has 0 saturated heterocycles. The van der Waals surface area contributed by atoms with Gasteiger partial charge in [0.2, 0.25) is 0 Å². The summed E-state index contributed by atoms with van der Waals surface area (Å²) in [4.78, 5) is 8.97. The highest BCUT2D eigenvalue weighted by Gasteiger charge is 2.28. The molecular weight excluding hydrogens is 266 g/mol. The molecule has 2 aromatic heterocycles. The van der Waals surface area contributed by atoms with Gasteiger partial charge in [-0.15, -0.1) is 5.10 Å². The van der Waals surface area contributed by atoms with Crippen LogP contribution in [0, 0.1) is 6.92 Å². The van der Waals surface area contributed by atoms with E-state index in [2.05, 4.69) is 31.7 Å². The minimum Gasteiger partial charge on any atom is -0.370 e. The van der Waals surface area contributed by atoms with Gasteiger partial charge >= 0.3 is 0 Å². The van der Waals surface area contributed by atoms with Crippen LogP contribution < -0.4 is 11.1 Å². The molecule has 3 rings (SSSR count). The van der Waals surface area contributed by atoms with Crippen LogP contribution in [-0.4, -0.2) is 37.5 Å². The Bertz CT molecular complexity index is 575. The van der Waals surface area contributed by atoms with E-state index in [0.717, 1.165) is 49.7 Å². The van der Waals surface area contributed by atoms with Gasteiger partial charge in [-0.1, -0.05) is 5.21 Å². The van der Waals surface area contributed by atoms with E-state index < -0.39 is 0 Å². The van der Waals surface area contributed by atoms with Crippen LogP contribution in [0.25, 0.3) is 0 Å². The molecule has 1 aliphatic carbocycles. The lowest BCUT2D eigenvalue weighted by Gasteiger charge is -2.32. The highest BCUT2D eigenvalue weighted by molar-refractivity contribution is 5.37. The van der Waals surface area contributed by atoms with Crippen LogP contribution in [0.15, 0.2) is 18.5 Å². The maximum Gasteiger partial charge on any atom is 0.129 e. The first-order valence-corrected chi connectivity index (χ1v) is 7.40. The lowest BCUT2D eigenvalue weighted by molar-refractivity contribution is 0.344. The van der Waals surface area contributed by atoms with Gasteiger partial charge in [0.05, 0.1) is 6.20 Å². The zero-order valence-electron chi connectivity index (χ0n) is 12.2. The van der Waals surface area contributed by atoms with Gasteiger partial charge in [0, 0.05) is 43.0 Å². The van der Waals surface area contributed by atoms with E-state index in [1.54, 1.807) is 6.20 Å². The second kappa shape index (κ2) is 6.17. The summed E-state index contributed by atoms with van der Waals surface area (Å²) in [6.45, 7) is 3.63. The molecule has 0 atom stereocenters. The quantitative estimate of drug-likeness (QED) is 0.772. The zero-order valence-corrected chi connectivity index (χ0v) is 12.2. The Hall–Kier alpha value is -2.02. The number of nitrogens with one attached hydrogen (secondary N) is 1. The summed E-state index contributed by atoms with van der Waals surface area (Å²) in [5.41, 5.74) is 6.97. The van der Waals surface area contributed by atoms with E-state index in [-0.39, 0.29) is 0 Å². The first-order valence-electron chi connectivity index (χ1n) is 7.40. The molecule has 0 spiro atoms. The molecule has 1 saturated carbocycles. The number of nitrogens with zero attached hydrogens (tertiary/aromatic N) is 5. The topological polar surface area (TPSA) is 94.5 Å². The lowest BCUT2D eigenvalue weighted by atomic mass is 9.78. The van der Waals surface area contributed by atoms with Crippen LogP contribution >= 0.6 is 0 Å². The maximum atomic E-state index is 5.85. The van der Waals surface area contributed by atoms with Crippen molar-refractivity contribution in [1.82, 2.24) is 25.0 Å². The highest BCUT2D eigenvalue weighted by Crippen LogP contribution is 2.35. The molecule has 0 radical (unpaired) electrons. The predicted octanol–water partition coefficient (Wildman–Crippen LogP) is 1.08. The van der Waals surface area contributed by atoms with Gasteiger partial charge < -0.3 is 11.1 Å². The first-order chi connectivity index (χ1) is 10.2. The van der Waals surface area contributed by atoms with Crippen molar-refractivity contribution in [2.45, 2.75) is 44.7 Å². The average molecular weight is 287 g/mol. The number of rotatable bonds is 6. The molecule has 3 N–H and O–H groups in total. The molecule has 112 valence electrons. The smallest absolute Gasteiger partial charge is 0.129 e. The standard InChI is InChI=1S/C14H21N7/c1-10-18-13(11-7-12(15)8-11)9-14(19-10)16-3-2-5-21-6-4-17-20-21/h4,6,9,11-12H,2-3,5,7-8,15H2,1H3,(H,16,18,19). The third-order valence-electron chi connectivity index (χ3n) is 3.79. The van der Waals surface area contributed by atoms with Crippen LogP contribution in [0.5, 0.6) is 0 Å². The van der Waals surface area contributed by atoms with Crippen molar-refractivity contribution in [2.75, 3.05) is 11.9 Å². The summed E-state index contributed by atoms with van der Waals surface area (Å²) < 4.78 is 1.83. The first kappa shape index (κ1) is 13.9. The van der Waals surface area contributed by atoms with Crippen molar-refractivity contribution in [3.8, 4) is 0 Å². The second-order valence-corrected chi connectivity index (χ2v) is 5.60. The summed E-state index contributed by atoms with van der Waals surface area (Å²) in [6.07, 6.45) is 6.59. The van der Waals surface area contributed by atoms with Gasteiger partial charge in [-0.05, 0) is 26.2 Å². The van der Waals surface area contributed by atoms with Gasteiger partial charge in [-0.3, -0.25) is 4.68 Å². The summed E-state index contributed by atoms with van der Waals surface area (Å²) in [7, 11) is 0. The summed E-state index contributed by atoms with van der Waals surface area (Å²) in [5, 5.41) is 11.1. The molecule has 0 bridgehead atoms. The molecule has 7 heteroatoms. The molecule has 21 heavy (non-hydrogen) atoms.